The Morgan fingerprint density at radius 1 is 0.762 bits per heavy atom. The highest BCUT2D eigenvalue weighted by atomic mass is 16.3. The number of furan rings is 1. The van der Waals surface area contributed by atoms with E-state index in [1.54, 1.807) is 0 Å². The fraction of sp³-hybridized carbons (Fsp3) is 0.0500. The smallest absolute Gasteiger partial charge is 0.134 e. The molecule has 1 heteroatoms. The van der Waals surface area contributed by atoms with E-state index in [1.807, 2.05) is 24.3 Å². The van der Waals surface area contributed by atoms with Gasteiger partial charge >= 0.3 is 0 Å². The van der Waals surface area contributed by atoms with E-state index in [4.69, 9.17) is 4.42 Å². The third-order valence-corrected chi connectivity index (χ3v) is 3.86. The van der Waals surface area contributed by atoms with Crippen molar-refractivity contribution in [3.05, 3.63) is 102 Å². The first-order valence-corrected chi connectivity index (χ1v) is 7.17. The molecule has 1 nitrogen and oxygen atoms in total. The van der Waals surface area contributed by atoms with Crippen molar-refractivity contribution in [1.29, 1.82) is 0 Å². The van der Waals surface area contributed by atoms with E-state index in [9.17, 15) is 0 Å². The van der Waals surface area contributed by atoms with Crippen molar-refractivity contribution < 1.29 is 4.42 Å². The highest BCUT2D eigenvalue weighted by Crippen LogP contribution is 2.31. The molecule has 1 aliphatic rings. The van der Waals surface area contributed by atoms with Crippen molar-refractivity contribution >= 4 is 11.0 Å². The minimum Gasteiger partial charge on any atom is -0.460 e. The van der Waals surface area contributed by atoms with Crippen LogP contribution >= 0.6 is 0 Å². The van der Waals surface area contributed by atoms with Crippen molar-refractivity contribution in [3.8, 4) is 0 Å². The maximum absolute atomic E-state index is 5.91. The van der Waals surface area contributed by atoms with E-state index in [0.29, 0.717) is 5.92 Å². The number of fused-ring (bicyclic) bond motifs is 1. The summed E-state index contributed by atoms with van der Waals surface area (Å²) in [4.78, 5) is 0. The summed E-state index contributed by atoms with van der Waals surface area (Å²) in [5.74, 6) is 2.40. The normalized spacial score (nSPS) is 15.8. The molecule has 0 saturated carbocycles. The topological polar surface area (TPSA) is 13.1 Å². The largest absolute Gasteiger partial charge is 0.460 e. The third kappa shape index (κ3) is 2.31. The van der Waals surface area contributed by atoms with Crippen LogP contribution in [0.5, 0.6) is 0 Å². The maximum Gasteiger partial charge on any atom is 0.134 e. The second-order valence-electron chi connectivity index (χ2n) is 5.26. The van der Waals surface area contributed by atoms with E-state index in [0.717, 1.165) is 22.6 Å². The van der Waals surface area contributed by atoms with E-state index in [2.05, 4.69) is 60.7 Å². The molecule has 4 rings (SSSR count). The predicted molar refractivity (Wildman–Crippen MR) is 86.0 cm³/mol. The van der Waals surface area contributed by atoms with Gasteiger partial charge in [0.05, 0.1) is 5.92 Å². The van der Waals surface area contributed by atoms with Gasteiger partial charge in [-0.1, -0.05) is 72.8 Å². The third-order valence-electron chi connectivity index (χ3n) is 3.86. The molecule has 1 heterocycles. The molecular weight excluding hydrogens is 256 g/mol. The van der Waals surface area contributed by atoms with Crippen molar-refractivity contribution in [2.45, 2.75) is 5.92 Å². The van der Waals surface area contributed by atoms with Gasteiger partial charge in [0.15, 0.2) is 0 Å². The number of hydrogen-bond donors (Lipinski definition) is 0. The standard InChI is InChI=1S/C20H15O/c1-2-6-15(7-3-1)16-10-12-17(13-11-16)20-14-18-8-4-5-9-19(18)21-20/h1-14,16H. The van der Waals surface area contributed by atoms with Gasteiger partial charge in [-0.2, -0.15) is 0 Å². The Hall–Kier alpha value is -2.54. The quantitative estimate of drug-likeness (QED) is 0.619. The summed E-state index contributed by atoms with van der Waals surface area (Å²) in [6, 6.07) is 20.7. The van der Waals surface area contributed by atoms with E-state index >= 15 is 0 Å². The fourth-order valence-corrected chi connectivity index (χ4v) is 2.72. The fourth-order valence-electron chi connectivity index (χ4n) is 2.72. The maximum atomic E-state index is 5.91. The first-order valence-electron chi connectivity index (χ1n) is 7.17. The summed E-state index contributed by atoms with van der Waals surface area (Å²) >= 11 is 0. The summed E-state index contributed by atoms with van der Waals surface area (Å²) in [7, 11) is 0. The molecule has 0 amide bonds. The zero-order chi connectivity index (χ0) is 14.1. The number of benzene rings is 2. The molecule has 1 aliphatic carbocycles. The molecule has 0 N–H and O–H groups in total. The molecule has 2 aromatic carbocycles. The second-order valence-corrected chi connectivity index (χ2v) is 5.26. The van der Waals surface area contributed by atoms with Gasteiger partial charge < -0.3 is 4.42 Å². The molecule has 0 bridgehead atoms. The number of hydrogen-bond acceptors (Lipinski definition) is 1. The van der Waals surface area contributed by atoms with Crippen molar-refractivity contribution in [2.75, 3.05) is 0 Å². The predicted octanol–water partition coefficient (Wildman–Crippen LogP) is 5.27. The van der Waals surface area contributed by atoms with Crippen LogP contribution < -0.4 is 0 Å². The lowest BCUT2D eigenvalue weighted by atomic mass is 9.90. The highest BCUT2D eigenvalue weighted by molar-refractivity contribution is 5.78. The Kier molecular flexibility index (Phi) is 2.97. The van der Waals surface area contributed by atoms with E-state index in [1.165, 1.54) is 5.56 Å². The number of rotatable bonds is 2. The first-order chi connectivity index (χ1) is 10.4. The molecule has 0 spiro atoms. The van der Waals surface area contributed by atoms with Gasteiger partial charge in [0.1, 0.15) is 11.3 Å². The average molecular weight is 271 g/mol. The molecular formula is C20H15O. The van der Waals surface area contributed by atoms with Crippen molar-refractivity contribution in [1.82, 2.24) is 0 Å². The van der Waals surface area contributed by atoms with Gasteiger partial charge in [-0.3, -0.25) is 0 Å². The molecule has 101 valence electrons. The highest BCUT2D eigenvalue weighted by Gasteiger charge is 2.16. The minimum atomic E-state index is 0.347. The summed E-state index contributed by atoms with van der Waals surface area (Å²) in [5, 5.41) is 1.15. The minimum absolute atomic E-state index is 0.347. The molecule has 0 aliphatic heterocycles. The van der Waals surface area contributed by atoms with Gasteiger partial charge in [0.2, 0.25) is 0 Å². The van der Waals surface area contributed by atoms with Crippen molar-refractivity contribution in [2.24, 2.45) is 0 Å². The molecule has 0 atom stereocenters. The average Bonchev–Trinajstić information content (AvgIpc) is 3.00. The van der Waals surface area contributed by atoms with Crippen LogP contribution in [0.2, 0.25) is 0 Å². The van der Waals surface area contributed by atoms with Crippen LogP contribution in [0.4, 0.5) is 0 Å². The Labute approximate surface area is 124 Å². The van der Waals surface area contributed by atoms with Gasteiger partial charge in [0.25, 0.3) is 0 Å². The molecule has 0 saturated heterocycles. The van der Waals surface area contributed by atoms with Crippen LogP contribution in [0.1, 0.15) is 17.2 Å². The number of para-hydroxylation sites is 1. The molecule has 1 aromatic heterocycles. The summed E-state index contributed by atoms with van der Waals surface area (Å²) < 4.78 is 5.91. The second kappa shape index (κ2) is 5.10. The van der Waals surface area contributed by atoms with Gasteiger partial charge in [-0.15, -0.1) is 0 Å². The van der Waals surface area contributed by atoms with E-state index < -0.39 is 0 Å². The van der Waals surface area contributed by atoms with Gasteiger partial charge in [0, 0.05) is 11.3 Å². The Morgan fingerprint density at radius 3 is 2.24 bits per heavy atom. The zero-order valence-electron chi connectivity index (χ0n) is 11.6. The zero-order valence-corrected chi connectivity index (χ0v) is 11.6. The van der Waals surface area contributed by atoms with Crippen molar-refractivity contribution in [3.63, 3.8) is 0 Å². The van der Waals surface area contributed by atoms with Crippen LogP contribution in [0.3, 0.4) is 0 Å². The monoisotopic (exact) mass is 271 g/mol. The lowest BCUT2D eigenvalue weighted by molar-refractivity contribution is 0.579. The van der Waals surface area contributed by atoms with Crippen LogP contribution in [-0.2, 0) is 0 Å². The van der Waals surface area contributed by atoms with Crippen LogP contribution in [-0.4, -0.2) is 0 Å². The summed E-state index contributed by atoms with van der Waals surface area (Å²) in [6.45, 7) is 0. The SMILES string of the molecule is C1=CC(c2ccccc2)C=C[C]1c1cc2ccccc2o1. The lowest BCUT2D eigenvalue weighted by Crippen LogP contribution is -2.00. The molecule has 0 unspecified atom stereocenters. The lowest BCUT2D eigenvalue weighted by Gasteiger charge is -2.15. The van der Waals surface area contributed by atoms with E-state index in [-0.39, 0.29) is 0 Å². The molecule has 3 aromatic rings. The van der Waals surface area contributed by atoms with Crippen LogP contribution in [0.25, 0.3) is 11.0 Å². The van der Waals surface area contributed by atoms with Gasteiger partial charge in [-0.25, -0.2) is 0 Å². The Morgan fingerprint density at radius 2 is 1.48 bits per heavy atom. The van der Waals surface area contributed by atoms with Crippen LogP contribution in [0.15, 0.2) is 89.4 Å². The molecule has 0 fully saturated rings. The Bertz CT molecular complexity index is 761. The molecule has 1 radical (unpaired) electrons. The number of allylic oxidation sites excluding steroid dienone is 4. The van der Waals surface area contributed by atoms with Gasteiger partial charge in [-0.05, 0) is 17.7 Å². The first kappa shape index (κ1) is 12.2. The summed E-state index contributed by atoms with van der Waals surface area (Å²) in [6.07, 6.45) is 8.74. The summed E-state index contributed by atoms with van der Waals surface area (Å²) in [5.41, 5.74) is 2.25. The van der Waals surface area contributed by atoms with Crippen LogP contribution in [0, 0.1) is 5.92 Å². The Balaban J connectivity index is 1.60. The molecule has 21 heavy (non-hydrogen) atoms.